The summed E-state index contributed by atoms with van der Waals surface area (Å²) in [7, 11) is 0. The highest BCUT2D eigenvalue weighted by molar-refractivity contribution is 7.99. The minimum absolute atomic E-state index is 0.248. The van der Waals surface area contributed by atoms with Gasteiger partial charge in [0.15, 0.2) is 5.15 Å². The highest BCUT2D eigenvalue weighted by Crippen LogP contribution is 2.33. The molecule has 0 atom stereocenters. The molecule has 8 heteroatoms. The van der Waals surface area contributed by atoms with Gasteiger partial charge < -0.3 is 5.32 Å². The van der Waals surface area contributed by atoms with Crippen molar-refractivity contribution in [3.05, 3.63) is 107 Å². The Hall–Kier alpha value is -3.94. The van der Waals surface area contributed by atoms with Crippen LogP contribution >= 0.6 is 23.4 Å². The van der Waals surface area contributed by atoms with E-state index in [-0.39, 0.29) is 11.1 Å². The number of aromatic nitrogens is 4. The first-order valence-electron chi connectivity index (χ1n) is 10.4. The lowest BCUT2D eigenvalue weighted by Gasteiger charge is -2.10. The Morgan fingerprint density at radius 2 is 1.79 bits per heavy atom. The lowest BCUT2D eigenvalue weighted by Crippen LogP contribution is -2.13. The molecule has 0 fully saturated rings. The third-order valence-corrected chi connectivity index (χ3v) is 6.40. The number of fused-ring (bicyclic) bond motifs is 1. The van der Waals surface area contributed by atoms with E-state index in [0.717, 1.165) is 32.1 Å². The van der Waals surface area contributed by atoms with Crippen molar-refractivity contribution >= 4 is 58.0 Å². The second kappa shape index (κ2) is 9.91. The highest BCUT2D eigenvalue weighted by Gasteiger charge is 2.14. The SMILES string of the molecule is O=C(Nc1cccnc1Cl)c1ccccc1Sc1ccc2c(/C=C/c3ccccn3)n[nH]c2c1. The van der Waals surface area contributed by atoms with Gasteiger partial charge >= 0.3 is 0 Å². The fourth-order valence-corrected chi connectivity index (χ4v) is 4.54. The Morgan fingerprint density at radius 1 is 0.941 bits per heavy atom. The van der Waals surface area contributed by atoms with Crippen molar-refractivity contribution in [1.29, 1.82) is 0 Å². The lowest BCUT2D eigenvalue weighted by molar-refractivity contribution is 0.102. The first-order valence-corrected chi connectivity index (χ1v) is 11.6. The van der Waals surface area contributed by atoms with Crippen LogP contribution in [0.1, 0.15) is 21.7 Å². The molecule has 0 spiro atoms. The summed E-state index contributed by atoms with van der Waals surface area (Å²) < 4.78 is 0. The molecule has 0 aliphatic carbocycles. The molecule has 0 saturated heterocycles. The Balaban J connectivity index is 1.37. The maximum Gasteiger partial charge on any atom is 0.256 e. The number of H-pyrrole nitrogens is 1. The van der Waals surface area contributed by atoms with Gasteiger partial charge in [-0.05, 0) is 66.7 Å². The Morgan fingerprint density at radius 3 is 2.65 bits per heavy atom. The molecule has 166 valence electrons. The second-order valence-electron chi connectivity index (χ2n) is 7.30. The summed E-state index contributed by atoms with van der Waals surface area (Å²) in [5.41, 5.74) is 3.64. The number of hydrogen-bond donors (Lipinski definition) is 2. The van der Waals surface area contributed by atoms with Crippen molar-refractivity contribution in [3.63, 3.8) is 0 Å². The molecule has 5 aromatic rings. The minimum atomic E-state index is -0.248. The molecule has 5 rings (SSSR count). The highest BCUT2D eigenvalue weighted by atomic mass is 35.5. The van der Waals surface area contributed by atoms with Gasteiger partial charge in [0.2, 0.25) is 0 Å². The van der Waals surface area contributed by atoms with Crippen LogP contribution in [0.15, 0.2) is 95.0 Å². The average Bonchev–Trinajstić information content (AvgIpc) is 3.27. The van der Waals surface area contributed by atoms with E-state index >= 15 is 0 Å². The molecule has 0 saturated carbocycles. The number of anilines is 1. The van der Waals surface area contributed by atoms with Crippen LogP contribution < -0.4 is 5.32 Å². The van der Waals surface area contributed by atoms with Crippen LogP contribution in [-0.2, 0) is 0 Å². The van der Waals surface area contributed by atoms with Crippen LogP contribution in [0.25, 0.3) is 23.1 Å². The van der Waals surface area contributed by atoms with E-state index in [0.29, 0.717) is 11.3 Å². The van der Waals surface area contributed by atoms with Crippen molar-refractivity contribution in [1.82, 2.24) is 20.2 Å². The molecule has 34 heavy (non-hydrogen) atoms. The normalized spacial score (nSPS) is 11.2. The standard InChI is InChI=1S/C26H18ClN5OS/c27-25-22(8-5-15-29-25)30-26(33)20-7-1-2-9-24(20)34-18-11-12-19-21(31-32-23(19)16-18)13-10-17-6-3-4-14-28-17/h1-16H,(H,30,33)(H,31,32)/b13-10+. The number of carbonyl (C=O) groups excluding carboxylic acids is 1. The molecule has 0 aliphatic heterocycles. The van der Waals surface area contributed by atoms with Gasteiger partial charge in [0, 0.05) is 27.6 Å². The molecule has 0 radical (unpaired) electrons. The number of hydrogen-bond acceptors (Lipinski definition) is 5. The van der Waals surface area contributed by atoms with E-state index in [2.05, 4.69) is 25.5 Å². The molecular weight excluding hydrogens is 466 g/mol. The monoisotopic (exact) mass is 483 g/mol. The van der Waals surface area contributed by atoms with E-state index in [4.69, 9.17) is 11.6 Å². The smallest absolute Gasteiger partial charge is 0.256 e. The molecule has 3 aromatic heterocycles. The maximum absolute atomic E-state index is 12.9. The number of rotatable bonds is 6. The number of benzene rings is 2. The quantitative estimate of drug-likeness (QED) is 0.266. The number of amides is 1. The predicted octanol–water partition coefficient (Wildman–Crippen LogP) is 6.58. The van der Waals surface area contributed by atoms with Gasteiger partial charge in [0.05, 0.1) is 28.2 Å². The Labute approximate surface area is 205 Å². The van der Waals surface area contributed by atoms with Crippen molar-refractivity contribution in [3.8, 4) is 0 Å². The van der Waals surface area contributed by atoms with Gasteiger partial charge in [0.25, 0.3) is 5.91 Å². The Bertz CT molecular complexity index is 1500. The number of nitrogens with one attached hydrogen (secondary N) is 2. The zero-order valence-corrected chi connectivity index (χ0v) is 19.3. The zero-order valence-electron chi connectivity index (χ0n) is 17.8. The molecule has 0 aliphatic rings. The van der Waals surface area contributed by atoms with Crippen molar-refractivity contribution in [2.24, 2.45) is 0 Å². The average molecular weight is 484 g/mol. The molecule has 2 N–H and O–H groups in total. The van der Waals surface area contributed by atoms with Crippen LogP contribution in [-0.4, -0.2) is 26.1 Å². The predicted molar refractivity (Wildman–Crippen MR) is 137 cm³/mol. The number of halogens is 1. The number of aromatic amines is 1. The number of carbonyl (C=O) groups is 1. The molecule has 2 aromatic carbocycles. The van der Waals surface area contributed by atoms with Crippen molar-refractivity contribution < 1.29 is 4.79 Å². The van der Waals surface area contributed by atoms with E-state index in [9.17, 15) is 4.79 Å². The fraction of sp³-hybridized carbons (Fsp3) is 0. The summed E-state index contributed by atoms with van der Waals surface area (Å²) >= 11 is 7.60. The summed E-state index contributed by atoms with van der Waals surface area (Å²) in [5.74, 6) is -0.248. The van der Waals surface area contributed by atoms with Crippen LogP contribution in [0, 0.1) is 0 Å². The molecule has 6 nitrogen and oxygen atoms in total. The minimum Gasteiger partial charge on any atom is -0.319 e. The van der Waals surface area contributed by atoms with Gasteiger partial charge in [-0.1, -0.05) is 41.6 Å². The van der Waals surface area contributed by atoms with Gasteiger partial charge in [0.1, 0.15) is 0 Å². The van der Waals surface area contributed by atoms with Crippen LogP contribution in [0.3, 0.4) is 0 Å². The number of nitrogens with zero attached hydrogens (tertiary/aromatic N) is 3. The first-order chi connectivity index (χ1) is 16.7. The Kier molecular flexibility index (Phi) is 6.38. The van der Waals surface area contributed by atoms with Crippen molar-refractivity contribution in [2.75, 3.05) is 5.32 Å². The van der Waals surface area contributed by atoms with Crippen molar-refractivity contribution in [2.45, 2.75) is 9.79 Å². The second-order valence-corrected chi connectivity index (χ2v) is 8.77. The van der Waals surface area contributed by atoms with E-state index in [1.165, 1.54) is 11.8 Å². The third kappa shape index (κ3) is 4.85. The summed E-state index contributed by atoms with van der Waals surface area (Å²) in [6, 6.07) is 22.7. The lowest BCUT2D eigenvalue weighted by atomic mass is 10.2. The molecule has 3 heterocycles. The molecule has 0 bridgehead atoms. The van der Waals surface area contributed by atoms with Gasteiger partial charge in [-0.3, -0.25) is 14.9 Å². The number of pyridine rings is 2. The maximum atomic E-state index is 12.9. The fourth-order valence-electron chi connectivity index (χ4n) is 3.39. The molecule has 1 amide bonds. The topological polar surface area (TPSA) is 83.6 Å². The van der Waals surface area contributed by atoms with E-state index in [1.807, 2.05) is 66.7 Å². The molecule has 0 unspecified atom stereocenters. The van der Waals surface area contributed by atoms with Crippen LogP contribution in [0.2, 0.25) is 5.15 Å². The van der Waals surface area contributed by atoms with E-state index < -0.39 is 0 Å². The third-order valence-electron chi connectivity index (χ3n) is 5.03. The summed E-state index contributed by atoms with van der Waals surface area (Å²) in [6.45, 7) is 0. The van der Waals surface area contributed by atoms with Crippen LogP contribution in [0.4, 0.5) is 5.69 Å². The zero-order chi connectivity index (χ0) is 23.3. The van der Waals surface area contributed by atoms with Gasteiger partial charge in [-0.2, -0.15) is 5.10 Å². The van der Waals surface area contributed by atoms with E-state index in [1.54, 1.807) is 30.6 Å². The summed E-state index contributed by atoms with van der Waals surface area (Å²) in [5, 5.41) is 11.6. The largest absolute Gasteiger partial charge is 0.319 e. The van der Waals surface area contributed by atoms with Gasteiger partial charge in [-0.15, -0.1) is 0 Å². The first kappa shape index (κ1) is 21.9. The molecular formula is C26H18ClN5OS. The summed E-state index contributed by atoms with van der Waals surface area (Å²) in [4.78, 5) is 23.1. The van der Waals surface area contributed by atoms with Crippen LogP contribution in [0.5, 0.6) is 0 Å². The van der Waals surface area contributed by atoms with Gasteiger partial charge in [-0.25, -0.2) is 4.98 Å². The summed E-state index contributed by atoms with van der Waals surface area (Å²) in [6.07, 6.45) is 7.21.